The van der Waals surface area contributed by atoms with Gasteiger partial charge in [-0.05, 0) is 55.0 Å². The van der Waals surface area contributed by atoms with E-state index in [1.54, 1.807) is 0 Å². The van der Waals surface area contributed by atoms with E-state index in [4.69, 9.17) is 9.47 Å². The first-order valence-corrected chi connectivity index (χ1v) is 10.2. The third-order valence-electron chi connectivity index (χ3n) is 5.29. The van der Waals surface area contributed by atoms with Crippen molar-refractivity contribution >= 4 is 0 Å². The van der Waals surface area contributed by atoms with Crippen LogP contribution >= 0.6 is 0 Å². The van der Waals surface area contributed by atoms with Crippen molar-refractivity contribution in [2.75, 3.05) is 0 Å². The van der Waals surface area contributed by atoms with Gasteiger partial charge in [-0.2, -0.15) is 0 Å². The van der Waals surface area contributed by atoms with Gasteiger partial charge in [0.2, 0.25) is 0 Å². The maximum Gasteiger partial charge on any atom is 0.162 e. The van der Waals surface area contributed by atoms with Gasteiger partial charge in [0.05, 0.1) is 0 Å². The number of hydrogen-bond acceptors (Lipinski definition) is 2. The number of ether oxygens (including phenoxy) is 2. The third kappa shape index (κ3) is 4.95. The average molecular weight is 375 g/mol. The summed E-state index contributed by atoms with van der Waals surface area (Å²) in [5.74, 6) is 2.07. The van der Waals surface area contributed by atoms with Gasteiger partial charge in [-0.15, -0.1) is 0 Å². The largest absolute Gasteiger partial charge is 0.482 e. The van der Waals surface area contributed by atoms with Crippen LogP contribution in [-0.2, 0) is 0 Å². The fourth-order valence-electron chi connectivity index (χ4n) is 3.22. The van der Waals surface area contributed by atoms with Crippen LogP contribution in [0.25, 0.3) is 0 Å². The van der Waals surface area contributed by atoms with Crippen LogP contribution in [0, 0.1) is 0 Å². The van der Waals surface area contributed by atoms with E-state index in [9.17, 15) is 0 Å². The topological polar surface area (TPSA) is 18.5 Å². The Balaban J connectivity index is 1.88. The molecule has 3 aromatic rings. The molecule has 0 amide bonds. The van der Waals surface area contributed by atoms with Crippen molar-refractivity contribution in [1.29, 1.82) is 0 Å². The summed E-state index contributed by atoms with van der Waals surface area (Å²) in [5.41, 5.74) is 3.58. The van der Waals surface area contributed by atoms with Crippen LogP contribution in [0.1, 0.15) is 68.9 Å². The van der Waals surface area contributed by atoms with Gasteiger partial charge < -0.3 is 9.47 Å². The van der Waals surface area contributed by atoms with Crippen LogP contribution in [-0.4, -0.2) is 0 Å². The first kappa shape index (κ1) is 20.0. The summed E-state index contributed by atoms with van der Waals surface area (Å²) < 4.78 is 12.7. The van der Waals surface area contributed by atoms with E-state index in [-0.39, 0.29) is 12.2 Å². The molecular formula is C26H30O2. The first-order chi connectivity index (χ1) is 13.6. The Kier molecular flexibility index (Phi) is 6.76. The highest BCUT2D eigenvalue weighted by molar-refractivity contribution is 5.45. The molecule has 146 valence electrons. The van der Waals surface area contributed by atoms with Crippen molar-refractivity contribution in [3.8, 4) is 11.5 Å². The SMILES string of the molecule is CCC(C)c1ccc(OC(C)c2ccccc2)c(OC(C)c2ccccc2)c1. The predicted octanol–water partition coefficient (Wildman–Crippen LogP) is 7.48. The summed E-state index contributed by atoms with van der Waals surface area (Å²) in [5, 5.41) is 0. The van der Waals surface area contributed by atoms with E-state index in [2.05, 4.69) is 64.1 Å². The van der Waals surface area contributed by atoms with Gasteiger partial charge in [-0.25, -0.2) is 0 Å². The molecule has 0 saturated carbocycles. The Labute approximate surface area is 169 Å². The lowest BCUT2D eigenvalue weighted by Gasteiger charge is -2.22. The lowest BCUT2D eigenvalue weighted by molar-refractivity contribution is 0.184. The Morgan fingerprint density at radius 2 is 1.11 bits per heavy atom. The molecule has 3 unspecified atom stereocenters. The minimum atomic E-state index is -0.0530. The summed E-state index contributed by atoms with van der Waals surface area (Å²) in [6.07, 6.45) is 0.988. The van der Waals surface area contributed by atoms with Gasteiger partial charge in [0, 0.05) is 0 Å². The molecule has 3 atom stereocenters. The van der Waals surface area contributed by atoms with Crippen molar-refractivity contribution in [3.63, 3.8) is 0 Å². The quantitative estimate of drug-likeness (QED) is 0.407. The Bertz CT molecular complexity index is 858. The average Bonchev–Trinajstić information content (AvgIpc) is 2.75. The fraction of sp³-hybridized carbons (Fsp3) is 0.308. The van der Waals surface area contributed by atoms with Crippen LogP contribution in [0.5, 0.6) is 11.5 Å². The van der Waals surface area contributed by atoms with Gasteiger partial charge in [-0.1, -0.05) is 80.6 Å². The Hall–Kier alpha value is -2.74. The molecule has 0 bridgehead atoms. The minimum Gasteiger partial charge on any atom is -0.482 e. The lowest BCUT2D eigenvalue weighted by atomic mass is 9.98. The molecule has 3 rings (SSSR count). The van der Waals surface area contributed by atoms with E-state index in [0.717, 1.165) is 29.0 Å². The van der Waals surface area contributed by atoms with Crippen LogP contribution in [0.4, 0.5) is 0 Å². The normalized spacial score (nSPS) is 14.1. The Morgan fingerprint density at radius 3 is 1.61 bits per heavy atom. The molecule has 0 aliphatic carbocycles. The van der Waals surface area contributed by atoms with Crippen molar-refractivity contribution in [3.05, 3.63) is 95.6 Å². The Morgan fingerprint density at radius 1 is 0.607 bits per heavy atom. The van der Waals surface area contributed by atoms with Crippen LogP contribution < -0.4 is 9.47 Å². The second-order valence-corrected chi connectivity index (χ2v) is 7.36. The summed E-state index contributed by atoms with van der Waals surface area (Å²) in [4.78, 5) is 0. The van der Waals surface area contributed by atoms with Gasteiger partial charge >= 0.3 is 0 Å². The highest BCUT2D eigenvalue weighted by Crippen LogP contribution is 2.37. The zero-order valence-corrected chi connectivity index (χ0v) is 17.3. The molecule has 0 saturated heterocycles. The molecule has 0 aromatic heterocycles. The maximum absolute atomic E-state index is 6.38. The number of hydrogen-bond donors (Lipinski definition) is 0. The molecule has 3 aromatic carbocycles. The predicted molar refractivity (Wildman–Crippen MR) is 116 cm³/mol. The molecule has 0 heterocycles. The zero-order valence-electron chi connectivity index (χ0n) is 17.3. The van der Waals surface area contributed by atoms with Crippen LogP contribution in [0.15, 0.2) is 78.9 Å². The second kappa shape index (κ2) is 9.45. The van der Waals surface area contributed by atoms with Gasteiger partial charge in [-0.3, -0.25) is 0 Å². The van der Waals surface area contributed by atoms with Crippen molar-refractivity contribution in [2.45, 2.75) is 52.2 Å². The smallest absolute Gasteiger partial charge is 0.162 e. The first-order valence-electron chi connectivity index (χ1n) is 10.2. The standard InChI is InChI=1S/C26H30O2/c1-5-19(2)24-16-17-25(27-20(3)22-12-8-6-9-13-22)26(18-24)28-21(4)23-14-10-7-11-15-23/h6-21H,5H2,1-4H3. The van der Waals surface area contributed by atoms with Crippen LogP contribution in [0.3, 0.4) is 0 Å². The summed E-state index contributed by atoms with van der Waals surface area (Å²) in [6, 6.07) is 26.9. The highest BCUT2D eigenvalue weighted by atomic mass is 16.5. The van der Waals surface area contributed by atoms with Crippen molar-refractivity contribution in [1.82, 2.24) is 0 Å². The summed E-state index contributed by atoms with van der Waals surface area (Å²) in [7, 11) is 0. The molecule has 0 aliphatic heterocycles. The van der Waals surface area contributed by atoms with E-state index in [0.29, 0.717) is 5.92 Å². The lowest BCUT2D eigenvalue weighted by Crippen LogP contribution is -2.08. The molecule has 0 fully saturated rings. The highest BCUT2D eigenvalue weighted by Gasteiger charge is 2.16. The third-order valence-corrected chi connectivity index (χ3v) is 5.29. The van der Waals surface area contributed by atoms with E-state index < -0.39 is 0 Å². The van der Waals surface area contributed by atoms with Gasteiger partial charge in [0.25, 0.3) is 0 Å². The zero-order chi connectivity index (χ0) is 19.9. The van der Waals surface area contributed by atoms with E-state index in [1.165, 1.54) is 5.56 Å². The molecule has 0 aliphatic rings. The molecule has 0 N–H and O–H groups in total. The minimum absolute atomic E-state index is 0.0509. The van der Waals surface area contributed by atoms with Gasteiger partial charge in [0.15, 0.2) is 11.5 Å². The molecule has 2 heteroatoms. The monoisotopic (exact) mass is 374 g/mol. The molecule has 0 radical (unpaired) electrons. The van der Waals surface area contributed by atoms with Crippen LogP contribution in [0.2, 0.25) is 0 Å². The van der Waals surface area contributed by atoms with E-state index in [1.807, 2.05) is 42.5 Å². The van der Waals surface area contributed by atoms with Crippen molar-refractivity contribution < 1.29 is 9.47 Å². The van der Waals surface area contributed by atoms with Gasteiger partial charge in [0.1, 0.15) is 12.2 Å². The van der Waals surface area contributed by atoms with Crippen molar-refractivity contribution in [2.24, 2.45) is 0 Å². The maximum atomic E-state index is 6.38. The number of benzene rings is 3. The fourth-order valence-corrected chi connectivity index (χ4v) is 3.22. The molecule has 2 nitrogen and oxygen atoms in total. The summed E-state index contributed by atoms with van der Waals surface area (Å²) in [6.45, 7) is 8.60. The molecule has 28 heavy (non-hydrogen) atoms. The molecule has 0 spiro atoms. The van der Waals surface area contributed by atoms with E-state index >= 15 is 0 Å². The molecular weight excluding hydrogens is 344 g/mol. The number of rotatable bonds is 8. The second-order valence-electron chi connectivity index (χ2n) is 7.36. The summed E-state index contributed by atoms with van der Waals surface area (Å²) >= 11 is 0.